The van der Waals surface area contributed by atoms with E-state index in [9.17, 15) is 0 Å². The Kier molecular flexibility index (Phi) is 7.10. The van der Waals surface area contributed by atoms with Crippen molar-refractivity contribution in [2.24, 2.45) is 0 Å². The first-order valence-electron chi connectivity index (χ1n) is 16.5. The Hall–Kier alpha value is -6.65. The van der Waals surface area contributed by atoms with Gasteiger partial charge in [0.25, 0.3) is 0 Å². The Balaban J connectivity index is 1.28. The normalized spacial score (nSPS) is 11.3. The van der Waals surface area contributed by atoms with Crippen molar-refractivity contribution in [2.45, 2.75) is 0 Å². The fraction of sp³-hybridized carbons (Fsp3) is 0. The number of hydrogen-bond donors (Lipinski definition) is 0. The Labute approximate surface area is 284 Å². The summed E-state index contributed by atoms with van der Waals surface area (Å²) in [7, 11) is 0. The predicted octanol–water partition coefficient (Wildman–Crippen LogP) is 11.3. The molecule has 0 bridgehead atoms. The minimum atomic E-state index is 0.620. The SMILES string of the molecule is c1ccc(-c2cccc(-c3nc(-c4ccccc4)nc(-c4ccccc4-n4c5ccccc5c5ccc(-c6ccccc6)cc54)n3)c2)cc1. The molecule has 0 fully saturated rings. The topological polar surface area (TPSA) is 43.6 Å². The molecular weight excluding hydrogens is 597 g/mol. The summed E-state index contributed by atoms with van der Waals surface area (Å²) in [6, 6.07) is 63.3. The highest BCUT2D eigenvalue weighted by molar-refractivity contribution is 6.10. The maximum Gasteiger partial charge on any atom is 0.166 e. The Morgan fingerprint density at radius 2 is 0.816 bits per heavy atom. The van der Waals surface area contributed by atoms with E-state index in [1.54, 1.807) is 0 Å². The Bertz CT molecular complexity index is 2590. The molecule has 0 aliphatic carbocycles. The predicted molar refractivity (Wildman–Crippen MR) is 201 cm³/mol. The van der Waals surface area contributed by atoms with Crippen molar-refractivity contribution in [2.75, 3.05) is 0 Å². The molecule has 0 saturated carbocycles. The lowest BCUT2D eigenvalue weighted by Gasteiger charge is -2.15. The summed E-state index contributed by atoms with van der Waals surface area (Å²) in [6.07, 6.45) is 0. The van der Waals surface area contributed by atoms with Gasteiger partial charge in [-0.1, -0.05) is 152 Å². The molecule has 4 heteroatoms. The van der Waals surface area contributed by atoms with Crippen molar-refractivity contribution >= 4 is 21.8 Å². The van der Waals surface area contributed by atoms with Gasteiger partial charge in [0, 0.05) is 27.5 Å². The van der Waals surface area contributed by atoms with E-state index in [0.717, 1.165) is 44.5 Å². The van der Waals surface area contributed by atoms with Gasteiger partial charge in [0.05, 0.1) is 16.7 Å². The fourth-order valence-electron chi connectivity index (χ4n) is 6.71. The average molecular weight is 627 g/mol. The highest BCUT2D eigenvalue weighted by atomic mass is 15.1. The summed E-state index contributed by atoms with van der Waals surface area (Å²) in [5.41, 5.74) is 10.7. The number of benzene rings is 7. The first-order chi connectivity index (χ1) is 24.3. The van der Waals surface area contributed by atoms with Gasteiger partial charge in [-0.15, -0.1) is 0 Å². The second-order valence-electron chi connectivity index (χ2n) is 12.1. The van der Waals surface area contributed by atoms with Crippen LogP contribution in [-0.2, 0) is 0 Å². The van der Waals surface area contributed by atoms with Crippen molar-refractivity contribution in [3.05, 3.63) is 182 Å². The largest absolute Gasteiger partial charge is 0.308 e. The molecule has 0 unspecified atom stereocenters. The van der Waals surface area contributed by atoms with Crippen LogP contribution in [0, 0.1) is 0 Å². The zero-order valence-electron chi connectivity index (χ0n) is 26.6. The van der Waals surface area contributed by atoms with E-state index in [4.69, 9.17) is 15.0 Å². The fourth-order valence-corrected chi connectivity index (χ4v) is 6.71. The van der Waals surface area contributed by atoms with Crippen molar-refractivity contribution in [3.8, 4) is 62.1 Å². The second kappa shape index (κ2) is 12.2. The van der Waals surface area contributed by atoms with Crippen molar-refractivity contribution in [3.63, 3.8) is 0 Å². The summed E-state index contributed by atoms with van der Waals surface area (Å²) in [6.45, 7) is 0. The van der Waals surface area contributed by atoms with Crippen LogP contribution in [0.25, 0.3) is 83.9 Å². The highest BCUT2D eigenvalue weighted by Crippen LogP contribution is 2.38. The summed E-state index contributed by atoms with van der Waals surface area (Å²) < 4.78 is 2.36. The molecule has 0 aliphatic rings. The van der Waals surface area contributed by atoms with Crippen LogP contribution < -0.4 is 0 Å². The number of rotatable bonds is 6. The standard InChI is InChI=1S/C45H30N4/c1-4-15-31(16-5-1)34-21-14-22-36(29-34)44-46-43(33-19-8-3-9-20-33)47-45(48-44)39-24-11-13-26-41(39)49-40-25-12-10-23-37(40)38-28-27-35(30-42(38)49)32-17-6-2-7-18-32/h1-30H. The molecular formula is C45H30N4. The van der Waals surface area contributed by atoms with Crippen LogP contribution in [0.2, 0.25) is 0 Å². The molecule has 0 radical (unpaired) electrons. The van der Waals surface area contributed by atoms with Crippen LogP contribution in [0.5, 0.6) is 0 Å². The number of hydrogen-bond acceptors (Lipinski definition) is 3. The minimum Gasteiger partial charge on any atom is -0.308 e. The van der Waals surface area contributed by atoms with Gasteiger partial charge < -0.3 is 4.57 Å². The van der Waals surface area contributed by atoms with Crippen LogP contribution >= 0.6 is 0 Å². The van der Waals surface area contributed by atoms with Crippen LogP contribution in [0.3, 0.4) is 0 Å². The summed E-state index contributed by atoms with van der Waals surface area (Å²) >= 11 is 0. The molecule has 0 atom stereocenters. The summed E-state index contributed by atoms with van der Waals surface area (Å²) in [5, 5.41) is 2.40. The maximum atomic E-state index is 5.19. The molecule has 0 aliphatic heterocycles. The lowest BCUT2D eigenvalue weighted by Crippen LogP contribution is -2.03. The highest BCUT2D eigenvalue weighted by Gasteiger charge is 2.19. The third-order valence-corrected chi connectivity index (χ3v) is 9.06. The van der Waals surface area contributed by atoms with Gasteiger partial charge in [0.1, 0.15) is 0 Å². The summed E-state index contributed by atoms with van der Waals surface area (Å²) in [5.74, 6) is 1.88. The quantitative estimate of drug-likeness (QED) is 0.184. The van der Waals surface area contributed by atoms with Crippen LogP contribution in [0.4, 0.5) is 0 Å². The van der Waals surface area contributed by atoms with Gasteiger partial charge in [-0.05, 0) is 52.6 Å². The van der Waals surface area contributed by atoms with E-state index >= 15 is 0 Å². The zero-order chi connectivity index (χ0) is 32.6. The molecule has 4 nitrogen and oxygen atoms in total. The van der Waals surface area contributed by atoms with Gasteiger partial charge in [0.15, 0.2) is 17.5 Å². The molecule has 0 saturated heterocycles. The lowest BCUT2D eigenvalue weighted by atomic mass is 10.0. The number of aromatic nitrogens is 4. The molecule has 9 rings (SSSR count). The first-order valence-corrected chi connectivity index (χ1v) is 16.5. The van der Waals surface area contributed by atoms with Gasteiger partial charge in [-0.2, -0.15) is 0 Å². The van der Waals surface area contributed by atoms with Crippen molar-refractivity contribution < 1.29 is 0 Å². The van der Waals surface area contributed by atoms with Crippen molar-refractivity contribution in [1.29, 1.82) is 0 Å². The van der Waals surface area contributed by atoms with Crippen molar-refractivity contribution in [1.82, 2.24) is 19.5 Å². The summed E-state index contributed by atoms with van der Waals surface area (Å²) in [4.78, 5) is 15.4. The third-order valence-electron chi connectivity index (χ3n) is 9.06. The molecule has 0 amide bonds. The van der Waals surface area contributed by atoms with Crippen LogP contribution in [0.1, 0.15) is 0 Å². The lowest BCUT2D eigenvalue weighted by molar-refractivity contribution is 1.06. The third kappa shape index (κ3) is 5.26. The zero-order valence-corrected chi connectivity index (χ0v) is 26.6. The van der Waals surface area contributed by atoms with E-state index in [1.807, 2.05) is 36.4 Å². The monoisotopic (exact) mass is 626 g/mol. The molecule has 2 aromatic heterocycles. The van der Waals surface area contributed by atoms with E-state index in [0.29, 0.717) is 17.5 Å². The molecule has 49 heavy (non-hydrogen) atoms. The maximum absolute atomic E-state index is 5.19. The first kappa shape index (κ1) is 28.6. The Morgan fingerprint density at radius 1 is 0.306 bits per heavy atom. The van der Waals surface area contributed by atoms with Gasteiger partial charge in [-0.25, -0.2) is 15.0 Å². The molecule has 7 aromatic carbocycles. The van der Waals surface area contributed by atoms with E-state index in [1.165, 1.54) is 21.9 Å². The molecule has 0 N–H and O–H groups in total. The van der Waals surface area contributed by atoms with Gasteiger partial charge in [-0.3, -0.25) is 0 Å². The van der Waals surface area contributed by atoms with E-state index < -0.39 is 0 Å². The number of fused-ring (bicyclic) bond motifs is 3. The number of para-hydroxylation sites is 2. The molecule has 230 valence electrons. The van der Waals surface area contributed by atoms with Crippen LogP contribution in [-0.4, -0.2) is 19.5 Å². The van der Waals surface area contributed by atoms with E-state index in [-0.39, 0.29) is 0 Å². The van der Waals surface area contributed by atoms with Crippen LogP contribution in [0.15, 0.2) is 182 Å². The minimum absolute atomic E-state index is 0.620. The Morgan fingerprint density at radius 3 is 1.55 bits per heavy atom. The van der Waals surface area contributed by atoms with Gasteiger partial charge >= 0.3 is 0 Å². The van der Waals surface area contributed by atoms with E-state index in [2.05, 4.69) is 150 Å². The smallest absolute Gasteiger partial charge is 0.166 e. The average Bonchev–Trinajstić information content (AvgIpc) is 3.52. The number of nitrogens with zero attached hydrogens (tertiary/aromatic N) is 4. The molecule has 9 aromatic rings. The van der Waals surface area contributed by atoms with Gasteiger partial charge in [0.2, 0.25) is 0 Å². The second-order valence-corrected chi connectivity index (χ2v) is 12.1. The molecule has 2 heterocycles. The molecule has 0 spiro atoms.